The Kier molecular flexibility index (Phi) is 5.41. The highest BCUT2D eigenvalue weighted by Gasteiger charge is 2.35. The summed E-state index contributed by atoms with van der Waals surface area (Å²) in [5, 5.41) is 6.17. The van der Waals surface area contributed by atoms with Gasteiger partial charge < -0.3 is 4.74 Å². The van der Waals surface area contributed by atoms with Crippen LogP contribution in [0.4, 0.5) is 22.7 Å². The number of methoxy groups -OCH3 is 1. The molecule has 0 saturated heterocycles. The van der Waals surface area contributed by atoms with Gasteiger partial charge in [0.25, 0.3) is 0 Å². The number of nitrogens with zero attached hydrogens (tertiary/aromatic N) is 2. The second kappa shape index (κ2) is 7.75. The van der Waals surface area contributed by atoms with Gasteiger partial charge in [0.05, 0.1) is 24.6 Å². The predicted octanol–water partition coefficient (Wildman–Crippen LogP) is 5.42. The van der Waals surface area contributed by atoms with Crippen molar-refractivity contribution in [3.05, 3.63) is 64.8 Å². The number of alkyl halides is 3. The van der Waals surface area contributed by atoms with Crippen LogP contribution >= 0.6 is 11.3 Å². The summed E-state index contributed by atoms with van der Waals surface area (Å²) in [6, 6.07) is 10.8. The van der Waals surface area contributed by atoms with Crippen molar-refractivity contribution in [2.45, 2.75) is 6.18 Å². The molecule has 0 unspecified atom stereocenters. The first kappa shape index (κ1) is 18.8. The van der Waals surface area contributed by atoms with Crippen molar-refractivity contribution in [2.24, 2.45) is 5.10 Å². The molecule has 0 fully saturated rings. The number of nitrogens with one attached hydrogen (secondary N) is 1. The van der Waals surface area contributed by atoms with Gasteiger partial charge >= 0.3 is 6.18 Å². The second-order valence-electron chi connectivity index (χ2n) is 5.35. The maximum absolute atomic E-state index is 13.6. The second-order valence-corrected chi connectivity index (χ2v) is 6.20. The lowest BCUT2D eigenvalue weighted by Crippen LogP contribution is -2.10. The molecule has 0 aliphatic carbocycles. The number of rotatable bonds is 5. The van der Waals surface area contributed by atoms with E-state index in [9.17, 15) is 17.6 Å². The molecule has 3 rings (SSSR count). The van der Waals surface area contributed by atoms with Crippen LogP contribution in [0.3, 0.4) is 0 Å². The quantitative estimate of drug-likeness (QED) is 0.356. The third-order valence-corrected chi connectivity index (χ3v) is 4.31. The van der Waals surface area contributed by atoms with E-state index in [2.05, 4.69) is 15.5 Å². The topological polar surface area (TPSA) is 46.5 Å². The Hall–Kier alpha value is -2.94. The van der Waals surface area contributed by atoms with E-state index in [1.165, 1.54) is 18.4 Å². The Morgan fingerprint density at radius 2 is 1.93 bits per heavy atom. The van der Waals surface area contributed by atoms with Crippen LogP contribution in [0, 0.1) is 5.82 Å². The van der Waals surface area contributed by atoms with Crippen LogP contribution < -0.4 is 10.2 Å². The molecule has 1 heterocycles. The van der Waals surface area contributed by atoms with Crippen LogP contribution in [0.5, 0.6) is 5.75 Å². The van der Waals surface area contributed by atoms with Gasteiger partial charge in [0.1, 0.15) is 11.6 Å². The Labute approximate surface area is 156 Å². The Balaban J connectivity index is 1.79. The Bertz CT molecular complexity index is 955. The minimum Gasteiger partial charge on any atom is -0.496 e. The van der Waals surface area contributed by atoms with Crippen molar-refractivity contribution >= 4 is 22.7 Å². The van der Waals surface area contributed by atoms with Crippen molar-refractivity contribution in [2.75, 3.05) is 12.5 Å². The van der Waals surface area contributed by atoms with Crippen molar-refractivity contribution in [3.63, 3.8) is 0 Å². The van der Waals surface area contributed by atoms with E-state index in [1.54, 1.807) is 0 Å². The lowest BCUT2D eigenvalue weighted by Gasteiger charge is -2.11. The van der Waals surface area contributed by atoms with Crippen molar-refractivity contribution < 1.29 is 22.3 Å². The third kappa shape index (κ3) is 4.43. The van der Waals surface area contributed by atoms with Crippen LogP contribution in [0.1, 0.15) is 11.1 Å². The summed E-state index contributed by atoms with van der Waals surface area (Å²) in [5.74, 6) is -1.47. The predicted molar refractivity (Wildman–Crippen MR) is 96.7 cm³/mol. The highest BCUT2D eigenvalue weighted by molar-refractivity contribution is 7.14. The zero-order valence-electron chi connectivity index (χ0n) is 13.9. The molecule has 0 radical (unpaired) electrons. The Morgan fingerprint density at radius 3 is 2.59 bits per heavy atom. The molecule has 4 nitrogen and oxygen atoms in total. The van der Waals surface area contributed by atoms with Crippen LogP contribution in [0.15, 0.2) is 52.9 Å². The van der Waals surface area contributed by atoms with Gasteiger partial charge in [0.2, 0.25) is 5.13 Å². The first-order chi connectivity index (χ1) is 12.9. The van der Waals surface area contributed by atoms with Crippen LogP contribution in [0.25, 0.3) is 11.3 Å². The zero-order valence-corrected chi connectivity index (χ0v) is 14.7. The van der Waals surface area contributed by atoms with Crippen LogP contribution in [-0.4, -0.2) is 18.3 Å². The Morgan fingerprint density at radius 1 is 1.19 bits per heavy atom. The molecule has 2 aromatic carbocycles. The summed E-state index contributed by atoms with van der Waals surface area (Å²) in [6.45, 7) is 0. The number of hydrazone groups is 1. The normalized spacial score (nSPS) is 11.7. The fourth-order valence-electron chi connectivity index (χ4n) is 2.29. The van der Waals surface area contributed by atoms with Crippen LogP contribution in [0.2, 0.25) is 0 Å². The minimum atomic E-state index is -4.81. The first-order valence-corrected chi connectivity index (χ1v) is 8.51. The van der Waals surface area contributed by atoms with Gasteiger partial charge in [-0.1, -0.05) is 30.3 Å². The summed E-state index contributed by atoms with van der Waals surface area (Å²) in [4.78, 5) is 4.35. The standard InChI is InChI=1S/C18H13F4N3OS/c1-26-16-8-14(19)13(18(20,21)22)7-12(16)9-23-25-17-24-15(10-27-17)11-5-3-2-4-6-11/h2-10H,1H3,(H,24,25). The molecule has 3 aromatic rings. The molecule has 0 saturated carbocycles. The molecule has 0 atom stereocenters. The molecule has 1 N–H and O–H groups in total. The molecule has 140 valence electrons. The highest BCUT2D eigenvalue weighted by atomic mass is 32.1. The molecule has 0 amide bonds. The van der Waals surface area contributed by atoms with Gasteiger partial charge in [-0.15, -0.1) is 11.3 Å². The number of hydrogen-bond donors (Lipinski definition) is 1. The molecular weight excluding hydrogens is 382 g/mol. The minimum absolute atomic E-state index is 0.0152. The van der Waals surface area contributed by atoms with E-state index in [0.29, 0.717) is 17.3 Å². The first-order valence-electron chi connectivity index (χ1n) is 7.63. The molecular formula is C18H13F4N3OS. The number of ether oxygens (including phenoxy) is 1. The number of anilines is 1. The highest BCUT2D eigenvalue weighted by Crippen LogP contribution is 2.34. The molecule has 9 heteroatoms. The van der Waals surface area contributed by atoms with E-state index >= 15 is 0 Å². The smallest absolute Gasteiger partial charge is 0.419 e. The largest absolute Gasteiger partial charge is 0.496 e. The maximum atomic E-state index is 13.6. The fourth-order valence-corrected chi connectivity index (χ4v) is 2.96. The van der Waals surface area contributed by atoms with E-state index < -0.39 is 17.6 Å². The number of thiazole rings is 1. The van der Waals surface area contributed by atoms with Gasteiger partial charge in [0.15, 0.2) is 0 Å². The van der Waals surface area contributed by atoms with E-state index in [-0.39, 0.29) is 11.3 Å². The lowest BCUT2D eigenvalue weighted by molar-refractivity contribution is -0.140. The summed E-state index contributed by atoms with van der Waals surface area (Å²) in [7, 11) is 1.24. The van der Waals surface area contributed by atoms with E-state index in [1.807, 2.05) is 35.7 Å². The van der Waals surface area contributed by atoms with Crippen molar-refractivity contribution in [1.29, 1.82) is 0 Å². The van der Waals surface area contributed by atoms with Gasteiger partial charge in [0, 0.05) is 22.6 Å². The molecule has 0 bridgehead atoms. The van der Waals surface area contributed by atoms with Gasteiger partial charge in [-0.2, -0.15) is 18.3 Å². The van der Waals surface area contributed by atoms with E-state index in [4.69, 9.17) is 4.74 Å². The van der Waals surface area contributed by atoms with Crippen molar-refractivity contribution in [1.82, 2.24) is 4.98 Å². The average Bonchev–Trinajstić information content (AvgIpc) is 3.11. The summed E-state index contributed by atoms with van der Waals surface area (Å²) >= 11 is 1.29. The average molecular weight is 395 g/mol. The number of benzene rings is 2. The lowest BCUT2D eigenvalue weighted by atomic mass is 10.1. The number of hydrogen-bond acceptors (Lipinski definition) is 5. The summed E-state index contributed by atoms with van der Waals surface area (Å²) < 4.78 is 57.1. The maximum Gasteiger partial charge on any atom is 0.419 e. The number of aromatic nitrogens is 1. The summed E-state index contributed by atoms with van der Waals surface area (Å²) in [5.41, 5.74) is 2.93. The zero-order chi connectivity index (χ0) is 19.4. The molecule has 27 heavy (non-hydrogen) atoms. The van der Waals surface area contributed by atoms with Gasteiger partial charge in [-0.3, -0.25) is 5.43 Å². The SMILES string of the molecule is COc1cc(F)c(C(F)(F)F)cc1C=NNc1nc(-c2ccccc2)cs1. The molecule has 0 spiro atoms. The van der Waals surface area contributed by atoms with Crippen LogP contribution in [-0.2, 0) is 6.18 Å². The van der Waals surface area contributed by atoms with Gasteiger partial charge in [-0.05, 0) is 6.07 Å². The third-order valence-electron chi connectivity index (χ3n) is 3.56. The van der Waals surface area contributed by atoms with Gasteiger partial charge in [-0.25, -0.2) is 9.37 Å². The molecule has 0 aliphatic rings. The monoisotopic (exact) mass is 395 g/mol. The molecule has 1 aromatic heterocycles. The van der Waals surface area contributed by atoms with Crippen molar-refractivity contribution in [3.8, 4) is 17.0 Å². The molecule has 0 aliphatic heterocycles. The summed E-state index contributed by atoms with van der Waals surface area (Å²) in [6.07, 6.45) is -3.69. The fraction of sp³-hybridized carbons (Fsp3) is 0.111. The number of halogens is 4. The van der Waals surface area contributed by atoms with E-state index in [0.717, 1.165) is 17.5 Å².